The second-order valence-electron chi connectivity index (χ2n) is 3.70. The van der Waals surface area contributed by atoms with E-state index in [1.54, 1.807) is 0 Å². The fourth-order valence-corrected chi connectivity index (χ4v) is 1.44. The normalized spacial score (nSPS) is 38.5. The van der Waals surface area contributed by atoms with Gasteiger partial charge in [-0.25, -0.2) is 17.6 Å². The van der Waals surface area contributed by atoms with Crippen LogP contribution in [-0.4, -0.2) is 29.7 Å². The number of hydrogen-bond acceptors (Lipinski definition) is 1. The van der Waals surface area contributed by atoms with E-state index in [1.807, 2.05) is 0 Å². The Morgan fingerprint density at radius 2 is 1.35 bits per heavy atom. The van der Waals surface area contributed by atoms with E-state index >= 15 is 0 Å². The first-order chi connectivity index (χ1) is 7.16. The predicted octanol–water partition coefficient (Wildman–Crippen LogP) is 3.59. The zero-order valence-corrected chi connectivity index (χ0v) is 8.02. The minimum absolute atomic E-state index is 0.478. The van der Waals surface area contributed by atoms with Crippen LogP contribution in [0.2, 0.25) is 0 Å². The van der Waals surface area contributed by atoms with Gasteiger partial charge in [-0.15, -0.1) is 0 Å². The highest BCUT2D eigenvalue weighted by atomic mass is 19.4. The van der Waals surface area contributed by atoms with E-state index in [0.717, 1.165) is 0 Å². The molecule has 17 heavy (non-hydrogen) atoms. The third-order valence-corrected chi connectivity index (χ3v) is 2.26. The van der Waals surface area contributed by atoms with Gasteiger partial charge in [-0.2, -0.15) is 22.0 Å². The smallest absolute Gasteiger partial charge is 0.274 e. The van der Waals surface area contributed by atoms with Crippen molar-refractivity contribution in [1.82, 2.24) is 0 Å². The van der Waals surface area contributed by atoms with Crippen molar-refractivity contribution in [2.24, 2.45) is 0 Å². The first-order valence-corrected chi connectivity index (χ1v) is 4.07. The maximum atomic E-state index is 13.3. The minimum atomic E-state index is -6.26. The Bertz CT molecular complexity index is 288. The van der Waals surface area contributed by atoms with E-state index < -0.39 is 43.1 Å². The summed E-state index contributed by atoms with van der Waals surface area (Å²) in [6.07, 6.45) is -14.1. The van der Waals surface area contributed by atoms with Crippen molar-refractivity contribution in [3.05, 3.63) is 0 Å². The van der Waals surface area contributed by atoms with Crippen molar-refractivity contribution in [2.45, 2.75) is 43.1 Å². The summed E-state index contributed by atoms with van der Waals surface area (Å²) in [7, 11) is 0. The van der Waals surface area contributed by atoms with Crippen LogP contribution in [0.5, 0.6) is 0 Å². The third-order valence-electron chi connectivity index (χ3n) is 2.26. The van der Waals surface area contributed by atoms with E-state index in [0.29, 0.717) is 0 Å². The molecule has 1 fully saturated rings. The molecule has 102 valence electrons. The Balaban J connectivity index is 3.38. The zero-order valence-electron chi connectivity index (χ0n) is 8.02. The van der Waals surface area contributed by atoms with Gasteiger partial charge >= 0.3 is 24.1 Å². The average Bonchev–Trinajstić information content (AvgIpc) is 2.15. The molecular formula is C7H5F9O. The van der Waals surface area contributed by atoms with Crippen LogP contribution >= 0.6 is 0 Å². The SMILES string of the molecule is CC(F)(F)C1(F)OC(F)(F)CC1(F)C(F)(F)F. The average molecular weight is 276 g/mol. The van der Waals surface area contributed by atoms with Crippen LogP contribution in [0.4, 0.5) is 39.5 Å². The van der Waals surface area contributed by atoms with Crippen molar-refractivity contribution >= 4 is 0 Å². The highest BCUT2D eigenvalue weighted by molar-refractivity contribution is 5.11. The number of alkyl halides is 9. The summed E-state index contributed by atoms with van der Waals surface area (Å²) >= 11 is 0. The molecular weight excluding hydrogens is 271 g/mol. The molecule has 1 aliphatic heterocycles. The lowest BCUT2D eigenvalue weighted by Crippen LogP contribution is -2.62. The van der Waals surface area contributed by atoms with E-state index in [-0.39, 0.29) is 0 Å². The molecule has 1 rings (SSSR count). The molecule has 0 aromatic carbocycles. The molecule has 1 saturated heterocycles. The third kappa shape index (κ3) is 1.85. The summed E-state index contributed by atoms with van der Waals surface area (Å²) in [4.78, 5) is 0. The van der Waals surface area contributed by atoms with Crippen LogP contribution in [-0.2, 0) is 4.74 Å². The van der Waals surface area contributed by atoms with Gasteiger partial charge in [0.15, 0.2) is 0 Å². The zero-order chi connectivity index (χ0) is 13.9. The van der Waals surface area contributed by atoms with Crippen LogP contribution < -0.4 is 0 Å². The van der Waals surface area contributed by atoms with Gasteiger partial charge in [0.05, 0.1) is 6.42 Å². The molecule has 10 heteroatoms. The fraction of sp³-hybridized carbons (Fsp3) is 1.00. The second-order valence-corrected chi connectivity index (χ2v) is 3.70. The Morgan fingerprint density at radius 1 is 0.941 bits per heavy atom. The maximum absolute atomic E-state index is 13.3. The van der Waals surface area contributed by atoms with Crippen molar-refractivity contribution < 1.29 is 44.3 Å². The molecule has 0 aromatic heterocycles. The maximum Gasteiger partial charge on any atom is 0.428 e. The molecule has 1 heterocycles. The lowest BCUT2D eigenvalue weighted by Gasteiger charge is -2.35. The molecule has 0 amide bonds. The summed E-state index contributed by atoms with van der Waals surface area (Å²) in [5, 5.41) is 0. The summed E-state index contributed by atoms with van der Waals surface area (Å²) < 4.78 is 116. The lowest BCUT2D eigenvalue weighted by atomic mass is 9.90. The summed E-state index contributed by atoms with van der Waals surface area (Å²) in [6, 6.07) is 0. The highest BCUT2D eigenvalue weighted by Gasteiger charge is 2.86. The fourth-order valence-electron chi connectivity index (χ4n) is 1.44. The van der Waals surface area contributed by atoms with Crippen LogP contribution in [0.3, 0.4) is 0 Å². The monoisotopic (exact) mass is 276 g/mol. The largest absolute Gasteiger partial charge is 0.428 e. The molecule has 0 aromatic rings. The van der Waals surface area contributed by atoms with Gasteiger partial charge in [-0.05, 0) is 0 Å². The van der Waals surface area contributed by atoms with Gasteiger partial charge in [0.2, 0.25) is 0 Å². The highest BCUT2D eigenvalue weighted by Crippen LogP contribution is 2.61. The Morgan fingerprint density at radius 3 is 1.59 bits per heavy atom. The van der Waals surface area contributed by atoms with E-state index in [2.05, 4.69) is 4.74 Å². The van der Waals surface area contributed by atoms with Crippen molar-refractivity contribution in [3.8, 4) is 0 Å². The molecule has 1 nitrogen and oxygen atoms in total. The van der Waals surface area contributed by atoms with E-state index in [4.69, 9.17) is 0 Å². The molecule has 0 radical (unpaired) electrons. The van der Waals surface area contributed by atoms with Crippen LogP contribution in [0.15, 0.2) is 0 Å². The Labute approximate surface area is 88.5 Å². The van der Waals surface area contributed by atoms with Gasteiger partial charge in [0.1, 0.15) is 0 Å². The van der Waals surface area contributed by atoms with Crippen molar-refractivity contribution in [3.63, 3.8) is 0 Å². The minimum Gasteiger partial charge on any atom is -0.274 e. The van der Waals surface area contributed by atoms with Crippen LogP contribution in [0.25, 0.3) is 0 Å². The molecule has 2 unspecified atom stereocenters. The standard InChI is InChI=1S/C7H5F9O/c1-3(8,9)6(13)4(10,7(14,15)16)2-5(11,12)17-6/h2H2,1H3. The summed E-state index contributed by atoms with van der Waals surface area (Å²) in [5.41, 5.74) is -5.48. The topological polar surface area (TPSA) is 9.23 Å². The summed E-state index contributed by atoms with van der Waals surface area (Å²) in [5.74, 6) is -10.6. The van der Waals surface area contributed by atoms with Crippen molar-refractivity contribution in [2.75, 3.05) is 0 Å². The molecule has 0 bridgehead atoms. The molecule has 0 N–H and O–H groups in total. The second kappa shape index (κ2) is 3.21. The van der Waals surface area contributed by atoms with Gasteiger partial charge in [0.25, 0.3) is 5.67 Å². The molecule has 1 aliphatic rings. The number of rotatable bonds is 1. The van der Waals surface area contributed by atoms with Gasteiger partial charge in [0, 0.05) is 6.92 Å². The van der Waals surface area contributed by atoms with E-state index in [9.17, 15) is 39.5 Å². The number of halogens is 9. The number of ether oxygens (including phenoxy) is 1. The molecule has 0 aliphatic carbocycles. The van der Waals surface area contributed by atoms with E-state index in [1.165, 1.54) is 0 Å². The van der Waals surface area contributed by atoms with Crippen LogP contribution in [0, 0.1) is 0 Å². The quantitative estimate of drug-likeness (QED) is 0.665. The van der Waals surface area contributed by atoms with Gasteiger partial charge in [-0.3, -0.25) is 4.74 Å². The first kappa shape index (κ1) is 14.4. The predicted molar refractivity (Wildman–Crippen MR) is 35.0 cm³/mol. The lowest BCUT2D eigenvalue weighted by molar-refractivity contribution is -0.384. The van der Waals surface area contributed by atoms with Gasteiger partial charge < -0.3 is 0 Å². The molecule has 2 atom stereocenters. The Hall–Kier alpha value is -0.670. The molecule has 0 spiro atoms. The van der Waals surface area contributed by atoms with Crippen LogP contribution in [0.1, 0.15) is 13.3 Å². The first-order valence-electron chi connectivity index (χ1n) is 4.07. The Kier molecular flexibility index (Phi) is 2.71. The van der Waals surface area contributed by atoms with Gasteiger partial charge in [-0.1, -0.05) is 0 Å². The summed E-state index contributed by atoms with van der Waals surface area (Å²) in [6.45, 7) is -0.478. The molecule has 0 saturated carbocycles. The van der Waals surface area contributed by atoms with Crippen molar-refractivity contribution in [1.29, 1.82) is 0 Å². The number of hydrogen-bond donors (Lipinski definition) is 0.